The van der Waals surface area contributed by atoms with E-state index in [-0.39, 0.29) is 41.9 Å². The number of carbonyl (C=O) groups excluding carboxylic acids is 1. The Balaban J connectivity index is 1.68. The first-order valence-corrected chi connectivity index (χ1v) is 10.7. The summed E-state index contributed by atoms with van der Waals surface area (Å²) in [4.78, 5) is 12.4. The summed E-state index contributed by atoms with van der Waals surface area (Å²) in [7, 11) is 0. The van der Waals surface area contributed by atoms with E-state index in [4.69, 9.17) is 9.47 Å². The van der Waals surface area contributed by atoms with Crippen molar-refractivity contribution in [3.05, 3.63) is 29.8 Å². The summed E-state index contributed by atoms with van der Waals surface area (Å²) in [5.41, 5.74) is 1.25. The molecule has 2 N–H and O–H groups in total. The molecule has 5 heteroatoms. The van der Waals surface area contributed by atoms with Gasteiger partial charge in [-0.15, -0.1) is 0 Å². The zero-order valence-corrected chi connectivity index (χ0v) is 17.2. The van der Waals surface area contributed by atoms with Crippen molar-refractivity contribution in [2.75, 3.05) is 19.8 Å². The van der Waals surface area contributed by atoms with Crippen LogP contribution in [0.2, 0.25) is 0 Å². The molecule has 0 unspecified atom stereocenters. The van der Waals surface area contributed by atoms with E-state index in [0.29, 0.717) is 25.0 Å². The second-order valence-electron chi connectivity index (χ2n) is 9.28. The standard InChI is InChI=1S/C23H33NO4/c1-4-27-18-8-6-5-7-16(18)20-17-13-15-14-23(17,10-12-28-20)21(22(15,2)3)24-19(26)9-11-25/h5-8,15,17,20-21,25H,4,9-14H2,1-3H3,(H,24,26)/t15-,17-,20-,21-,23-/m1/s1. The molecular formula is C23H33NO4. The van der Waals surface area contributed by atoms with Gasteiger partial charge in [0.2, 0.25) is 5.91 Å². The maximum Gasteiger partial charge on any atom is 0.222 e. The van der Waals surface area contributed by atoms with Gasteiger partial charge in [-0.2, -0.15) is 0 Å². The van der Waals surface area contributed by atoms with Crippen molar-refractivity contribution in [3.63, 3.8) is 0 Å². The number of aliphatic hydroxyl groups is 1. The molecule has 5 atom stereocenters. The molecule has 1 saturated heterocycles. The number of hydrogen-bond donors (Lipinski definition) is 2. The van der Waals surface area contributed by atoms with Gasteiger partial charge in [0.05, 0.1) is 19.3 Å². The predicted molar refractivity (Wildman–Crippen MR) is 107 cm³/mol. The molecule has 3 fully saturated rings. The normalized spacial score (nSPS) is 35.4. The Morgan fingerprint density at radius 2 is 2.14 bits per heavy atom. The topological polar surface area (TPSA) is 67.8 Å². The Labute approximate surface area is 167 Å². The van der Waals surface area contributed by atoms with Gasteiger partial charge in [-0.1, -0.05) is 32.0 Å². The highest BCUT2D eigenvalue weighted by Crippen LogP contribution is 2.70. The highest BCUT2D eigenvalue weighted by molar-refractivity contribution is 5.76. The maximum atomic E-state index is 12.4. The Kier molecular flexibility index (Phi) is 5.17. The highest BCUT2D eigenvalue weighted by atomic mass is 16.5. The number of para-hydroxylation sites is 1. The predicted octanol–water partition coefficient (Wildman–Crippen LogP) is 3.47. The van der Waals surface area contributed by atoms with Gasteiger partial charge in [-0.05, 0) is 54.9 Å². The van der Waals surface area contributed by atoms with Crippen molar-refractivity contribution in [1.29, 1.82) is 0 Å². The molecule has 154 valence electrons. The van der Waals surface area contributed by atoms with Crippen LogP contribution in [-0.2, 0) is 9.53 Å². The minimum absolute atomic E-state index is 0.00911. The number of hydrogen-bond acceptors (Lipinski definition) is 4. The van der Waals surface area contributed by atoms with Crippen LogP contribution >= 0.6 is 0 Å². The lowest BCUT2D eigenvalue weighted by Gasteiger charge is -2.53. The van der Waals surface area contributed by atoms with Crippen LogP contribution in [0.4, 0.5) is 0 Å². The second-order valence-corrected chi connectivity index (χ2v) is 9.28. The summed E-state index contributed by atoms with van der Waals surface area (Å²) in [6, 6.07) is 8.34. The molecule has 1 aromatic rings. The SMILES string of the molecule is CCOc1ccccc1[C@H]1OCC[C@@]23C[C@@H](C[C@H]12)C(C)(C)[C@H]3NC(=O)CCO. The third-order valence-corrected chi connectivity index (χ3v) is 7.67. The number of ether oxygens (including phenoxy) is 2. The van der Waals surface area contributed by atoms with Crippen molar-refractivity contribution < 1.29 is 19.4 Å². The summed E-state index contributed by atoms with van der Waals surface area (Å²) in [5, 5.41) is 12.5. The van der Waals surface area contributed by atoms with Gasteiger partial charge in [0.1, 0.15) is 5.75 Å². The molecule has 1 amide bonds. The van der Waals surface area contributed by atoms with Gasteiger partial charge >= 0.3 is 0 Å². The number of aliphatic hydroxyl groups excluding tert-OH is 1. The molecule has 1 spiro atoms. The molecule has 5 nitrogen and oxygen atoms in total. The first-order chi connectivity index (χ1) is 13.4. The Morgan fingerprint density at radius 1 is 1.36 bits per heavy atom. The summed E-state index contributed by atoms with van der Waals surface area (Å²) in [6.45, 7) is 7.83. The molecular weight excluding hydrogens is 354 g/mol. The number of nitrogens with one attached hydrogen (secondary N) is 1. The smallest absolute Gasteiger partial charge is 0.222 e. The fraction of sp³-hybridized carbons (Fsp3) is 0.696. The maximum absolute atomic E-state index is 12.4. The summed E-state index contributed by atoms with van der Waals surface area (Å²) in [5.74, 6) is 1.81. The van der Waals surface area contributed by atoms with Crippen molar-refractivity contribution in [2.45, 2.75) is 58.6 Å². The highest BCUT2D eigenvalue weighted by Gasteiger charge is 2.68. The van der Waals surface area contributed by atoms with Crippen molar-refractivity contribution in [3.8, 4) is 5.75 Å². The van der Waals surface area contributed by atoms with Gasteiger partial charge in [0.15, 0.2) is 0 Å². The Bertz CT molecular complexity index is 733. The third kappa shape index (κ3) is 2.94. The Morgan fingerprint density at radius 3 is 2.89 bits per heavy atom. The fourth-order valence-electron chi connectivity index (χ4n) is 6.43. The third-order valence-electron chi connectivity index (χ3n) is 7.67. The van der Waals surface area contributed by atoms with Crippen LogP contribution in [-0.4, -0.2) is 36.9 Å². The van der Waals surface area contributed by atoms with E-state index in [0.717, 1.165) is 30.6 Å². The Hall–Kier alpha value is -1.59. The molecule has 2 bridgehead atoms. The quantitative estimate of drug-likeness (QED) is 0.784. The molecule has 3 aliphatic rings. The monoisotopic (exact) mass is 387 g/mol. The van der Waals surface area contributed by atoms with Crippen molar-refractivity contribution in [1.82, 2.24) is 5.32 Å². The summed E-state index contributed by atoms with van der Waals surface area (Å²) >= 11 is 0. The average Bonchev–Trinajstić information content (AvgIpc) is 3.15. The molecule has 1 heterocycles. The number of benzene rings is 1. The molecule has 2 saturated carbocycles. The largest absolute Gasteiger partial charge is 0.493 e. The summed E-state index contributed by atoms with van der Waals surface area (Å²) in [6.07, 6.45) is 3.44. The molecule has 4 rings (SSSR count). The molecule has 0 radical (unpaired) electrons. The molecule has 0 aromatic heterocycles. The van der Waals surface area contributed by atoms with E-state index in [1.54, 1.807) is 0 Å². The zero-order valence-electron chi connectivity index (χ0n) is 17.2. The number of fused-ring (bicyclic) bond motifs is 1. The van der Waals surface area contributed by atoms with Crippen LogP contribution in [0, 0.1) is 22.7 Å². The van der Waals surface area contributed by atoms with E-state index >= 15 is 0 Å². The van der Waals surface area contributed by atoms with E-state index in [1.807, 2.05) is 19.1 Å². The minimum Gasteiger partial charge on any atom is -0.493 e. The van der Waals surface area contributed by atoms with Gasteiger partial charge in [0, 0.05) is 24.6 Å². The first-order valence-electron chi connectivity index (χ1n) is 10.7. The van der Waals surface area contributed by atoms with Crippen LogP contribution in [0.25, 0.3) is 0 Å². The van der Waals surface area contributed by atoms with E-state index in [2.05, 4.69) is 31.3 Å². The van der Waals surface area contributed by atoms with Crippen LogP contribution in [0.3, 0.4) is 0 Å². The van der Waals surface area contributed by atoms with Crippen molar-refractivity contribution in [2.24, 2.45) is 22.7 Å². The zero-order chi connectivity index (χ0) is 19.9. The van der Waals surface area contributed by atoms with E-state index < -0.39 is 0 Å². The number of rotatable bonds is 6. The van der Waals surface area contributed by atoms with Crippen LogP contribution < -0.4 is 10.1 Å². The lowest BCUT2D eigenvalue weighted by Crippen LogP contribution is -2.59. The van der Waals surface area contributed by atoms with Gasteiger partial charge in [-0.3, -0.25) is 4.79 Å². The van der Waals surface area contributed by atoms with Crippen LogP contribution in [0.15, 0.2) is 24.3 Å². The summed E-state index contributed by atoms with van der Waals surface area (Å²) < 4.78 is 12.3. The molecule has 1 aromatic carbocycles. The van der Waals surface area contributed by atoms with Crippen LogP contribution in [0.5, 0.6) is 5.75 Å². The van der Waals surface area contributed by atoms with Crippen LogP contribution in [0.1, 0.15) is 58.1 Å². The molecule has 28 heavy (non-hydrogen) atoms. The van der Waals surface area contributed by atoms with Crippen molar-refractivity contribution >= 4 is 5.91 Å². The molecule has 1 aliphatic heterocycles. The van der Waals surface area contributed by atoms with Gasteiger partial charge < -0.3 is 19.9 Å². The fourth-order valence-corrected chi connectivity index (χ4v) is 6.43. The lowest BCUT2D eigenvalue weighted by molar-refractivity contribution is -0.138. The lowest BCUT2D eigenvalue weighted by atomic mass is 9.58. The number of carbonyl (C=O) groups is 1. The average molecular weight is 388 g/mol. The van der Waals surface area contributed by atoms with Gasteiger partial charge in [0.25, 0.3) is 0 Å². The van der Waals surface area contributed by atoms with Gasteiger partial charge in [-0.25, -0.2) is 0 Å². The van der Waals surface area contributed by atoms with E-state index in [9.17, 15) is 9.90 Å². The minimum atomic E-state index is -0.105. The molecule has 2 aliphatic carbocycles. The first kappa shape index (κ1) is 19.7. The number of amides is 1. The van der Waals surface area contributed by atoms with E-state index in [1.165, 1.54) is 0 Å². The second kappa shape index (κ2) is 7.34.